The Hall–Kier alpha value is -1.88. The van der Waals surface area contributed by atoms with Crippen molar-refractivity contribution in [2.45, 2.75) is 32.5 Å². The number of carbonyl (C=O) groups is 3. The van der Waals surface area contributed by atoms with Crippen LogP contribution >= 0.6 is 11.6 Å². The van der Waals surface area contributed by atoms with Gasteiger partial charge in [-0.3, -0.25) is 14.4 Å². The lowest BCUT2D eigenvalue weighted by molar-refractivity contribution is -0.238. The zero-order chi connectivity index (χ0) is 15.6. The number of aryl methyl sites for hydroxylation is 1. The standard InChI is InChI=1S/C15H15ClO5/c1-15(2)20-13(18)12(14(19)21-15)11(17)8-7-9-5-3-4-6-10(9)16/h3-6,12H,7-8H2,1-2H3. The summed E-state index contributed by atoms with van der Waals surface area (Å²) in [5.74, 6) is -5.07. The molecule has 0 spiro atoms. The number of rotatable bonds is 4. The average molecular weight is 311 g/mol. The van der Waals surface area contributed by atoms with Crippen LogP contribution in [0.25, 0.3) is 0 Å². The highest BCUT2D eigenvalue weighted by atomic mass is 35.5. The highest BCUT2D eigenvalue weighted by Crippen LogP contribution is 2.25. The second-order valence-electron chi connectivity index (χ2n) is 5.23. The first-order valence-electron chi connectivity index (χ1n) is 6.52. The van der Waals surface area contributed by atoms with E-state index in [0.717, 1.165) is 5.56 Å². The lowest BCUT2D eigenvalue weighted by atomic mass is 9.97. The van der Waals surface area contributed by atoms with E-state index < -0.39 is 29.4 Å². The van der Waals surface area contributed by atoms with Crippen molar-refractivity contribution in [3.8, 4) is 0 Å². The number of cyclic esters (lactones) is 2. The molecule has 0 bridgehead atoms. The summed E-state index contributed by atoms with van der Waals surface area (Å²) in [5, 5.41) is 0.542. The maximum atomic E-state index is 12.1. The van der Waals surface area contributed by atoms with Crippen molar-refractivity contribution in [1.29, 1.82) is 0 Å². The number of ether oxygens (including phenoxy) is 2. The van der Waals surface area contributed by atoms with Crippen molar-refractivity contribution in [2.24, 2.45) is 5.92 Å². The second-order valence-corrected chi connectivity index (χ2v) is 5.64. The van der Waals surface area contributed by atoms with Crippen molar-refractivity contribution in [1.82, 2.24) is 0 Å². The van der Waals surface area contributed by atoms with E-state index >= 15 is 0 Å². The summed E-state index contributed by atoms with van der Waals surface area (Å²) in [4.78, 5) is 35.6. The number of benzene rings is 1. The van der Waals surface area contributed by atoms with Crippen LogP contribution in [0.1, 0.15) is 25.8 Å². The maximum absolute atomic E-state index is 12.1. The van der Waals surface area contributed by atoms with Crippen LogP contribution in [0.15, 0.2) is 24.3 Å². The van der Waals surface area contributed by atoms with E-state index in [1.807, 2.05) is 0 Å². The van der Waals surface area contributed by atoms with Crippen LogP contribution in [0.4, 0.5) is 0 Å². The van der Waals surface area contributed by atoms with Crippen LogP contribution in [0.3, 0.4) is 0 Å². The summed E-state index contributed by atoms with van der Waals surface area (Å²) in [6.45, 7) is 2.88. The molecule has 1 aromatic rings. The van der Waals surface area contributed by atoms with Gasteiger partial charge in [-0.15, -0.1) is 0 Å². The Labute approximate surface area is 127 Å². The van der Waals surface area contributed by atoms with Gasteiger partial charge in [0.05, 0.1) is 0 Å². The first-order chi connectivity index (χ1) is 9.80. The van der Waals surface area contributed by atoms with Crippen molar-refractivity contribution < 1.29 is 23.9 Å². The van der Waals surface area contributed by atoms with Crippen LogP contribution in [0.2, 0.25) is 5.02 Å². The number of hydrogen-bond donors (Lipinski definition) is 0. The average Bonchev–Trinajstić information content (AvgIpc) is 2.35. The molecule has 0 radical (unpaired) electrons. The van der Waals surface area contributed by atoms with Crippen molar-refractivity contribution in [3.05, 3.63) is 34.9 Å². The van der Waals surface area contributed by atoms with Crippen LogP contribution in [0, 0.1) is 5.92 Å². The van der Waals surface area contributed by atoms with E-state index in [2.05, 4.69) is 0 Å². The van der Waals surface area contributed by atoms with Crippen LogP contribution in [-0.2, 0) is 30.3 Å². The van der Waals surface area contributed by atoms with E-state index in [4.69, 9.17) is 21.1 Å². The van der Waals surface area contributed by atoms with Gasteiger partial charge in [-0.2, -0.15) is 0 Å². The summed E-state index contributed by atoms with van der Waals surface area (Å²) < 4.78 is 9.85. The van der Waals surface area contributed by atoms with Gasteiger partial charge in [-0.05, 0) is 18.1 Å². The van der Waals surface area contributed by atoms with Gasteiger partial charge < -0.3 is 9.47 Å². The molecule has 2 rings (SSSR count). The predicted octanol–water partition coefficient (Wildman–Crippen LogP) is 2.29. The smallest absolute Gasteiger partial charge is 0.331 e. The molecule has 1 fully saturated rings. The monoisotopic (exact) mass is 310 g/mol. The topological polar surface area (TPSA) is 69.7 Å². The number of ketones is 1. The van der Waals surface area contributed by atoms with Gasteiger partial charge in [0.1, 0.15) is 0 Å². The number of halogens is 1. The largest absolute Gasteiger partial charge is 0.422 e. The third kappa shape index (κ3) is 3.61. The zero-order valence-electron chi connectivity index (χ0n) is 11.7. The summed E-state index contributed by atoms with van der Waals surface area (Å²) in [6, 6.07) is 7.09. The lowest BCUT2D eigenvalue weighted by Gasteiger charge is -2.32. The van der Waals surface area contributed by atoms with E-state index in [1.54, 1.807) is 24.3 Å². The van der Waals surface area contributed by atoms with E-state index in [9.17, 15) is 14.4 Å². The van der Waals surface area contributed by atoms with Crippen LogP contribution < -0.4 is 0 Å². The SMILES string of the molecule is CC1(C)OC(=O)C(C(=O)CCc2ccccc2Cl)C(=O)O1. The van der Waals surface area contributed by atoms with Gasteiger partial charge >= 0.3 is 11.9 Å². The third-order valence-electron chi connectivity index (χ3n) is 3.08. The summed E-state index contributed by atoms with van der Waals surface area (Å²) >= 11 is 5.99. The molecule has 0 unspecified atom stereocenters. The van der Waals surface area contributed by atoms with E-state index in [0.29, 0.717) is 11.4 Å². The molecule has 21 heavy (non-hydrogen) atoms. The van der Waals surface area contributed by atoms with Gasteiger partial charge in [-0.1, -0.05) is 29.8 Å². The van der Waals surface area contributed by atoms with Gasteiger partial charge in [0.25, 0.3) is 5.79 Å². The molecule has 5 nitrogen and oxygen atoms in total. The number of Topliss-reactive ketones (excluding diaryl/α,β-unsaturated/α-hetero) is 1. The first kappa shape index (κ1) is 15.5. The minimum absolute atomic E-state index is 0.0129. The molecule has 0 aromatic heterocycles. The number of carbonyl (C=O) groups excluding carboxylic acids is 3. The molecule has 1 heterocycles. The molecule has 0 atom stereocenters. The highest BCUT2D eigenvalue weighted by Gasteiger charge is 2.46. The Kier molecular flexibility index (Phi) is 4.32. The summed E-state index contributed by atoms with van der Waals surface area (Å²) in [5.41, 5.74) is 0.783. The molecule has 6 heteroatoms. The number of hydrogen-bond acceptors (Lipinski definition) is 5. The Balaban J connectivity index is 2.02. The van der Waals surface area contributed by atoms with Gasteiger partial charge in [0.2, 0.25) is 5.92 Å². The first-order valence-corrected chi connectivity index (χ1v) is 6.90. The fourth-order valence-electron chi connectivity index (χ4n) is 2.09. The fraction of sp³-hybridized carbons (Fsp3) is 0.400. The van der Waals surface area contributed by atoms with Gasteiger partial charge in [0, 0.05) is 25.3 Å². The molecule has 1 aliphatic rings. The number of esters is 2. The van der Waals surface area contributed by atoms with Crippen molar-refractivity contribution >= 4 is 29.3 Å². The summed E-state index contributed by atoms with van der Waals surface area (Å²) in [7, 11) is 0. The van der Waals surface area contributed by atoms with Crippen molar-refractivity contribution in [3.63, 3.8) is 0 Å². The van der Waals surface area contributed by atoms with Crippen molar-refractivity contribution in [2.75, 3.05) is 0 Å². The molecular weight excluding hydrogens is 296 g/mol. The summed E-state index contributed by atoms with van der Waals surface area (Å²) in [6.07, 6.45) is 0.359. The molecule has 0 amide bonds. The molecule has 112 valence electrons. The molecular formula is C15H15ClO5. The van der Waals surface area contributed by atoms with Crippen LogP contribution in [0.5, 0.6) is 0 Å². The van der Waals surface area contributed by atoms with Crippen LogP contribution in [-0.4, -0.2) is 23.5 Å². The quantitative estimate of drug-likeness (QED) is 0.630. The Morgan fingerprint density at radius 3 is 2.33 bits per heavy atom. The lowest BCUT2D eigenvalue weighted by Crippen LogP contribution is -2.49. The Morgan fingerprint density at radius 2 is 1.76 bits per heavy atom. The fourth-order valence-corrected chi connectivity index (χ4v) is 2.32. The molecule has 1 aromatic carbocycles. The molecule has 0 saturated carbocycles. The Bertz CT molecular complexity index is 573. The highest BCUT2D eigenvalue weighted by molar-refractivity contribution is 6.31. The third-order valence-corrected chi connectivity index (χ3v) is 3.45. The minimum atomic E-state index is -1.50. The zero-order valence-corrected chi connectivity index (χ0v) is 12.5. The van der Waals surface area contributed by atoms with E-state index in [1.165, 1.54) is 13.8 Å². The normalized spacial score (nSPS) is 18.0. The maximum Gasteiger partial charge on any atom is 0.331 e. The molecule has 0 N–H and O–H groups in total. The molecule has 1 saturated heterocycles. The Morgan fingerprint density at radius 1 is 1.19 bits per heavy atom. The second kappa shape index (κ2) is 5.85. The molecule has 0 aliphatic carbocycles. The van der Waals surface area contributed by atoms with Gasteiger partial charge in [0.15, 0.2) is 5.78 Å². The van der Waals surface area contributed by atoms with E-state index in [-0.39, 0.29) is 6.42 Å². The minimum Gasteiger partial charge on any atom is -0.422 e. The van der Waals surface area contributed by atoms with Gasteiger partial charge in [-0.25, -0.2) is 0 Å². The predicted molar refractivity (Wildman–Crippen MR) is 74.5 cm³/mol. The molecule has 1 aliphatic heterocycles.